The summed E-state index contributed by atoms with van der Waals surface area (Å²) in [6, 6.07) is 7.75. The van der Waals surface area contributed by atoms with Crippen LogP contribution in [0.15, 0.2) is 24.3 Å². The first-order chi connectivity index (χ1) is 11.6. The molecular formula is C19H27N3O2. The van der Waals surface area contributed by atoms with Crippen molar-refractivity contribution in [2.45, 2.75) is 63.5 Å². The van der Waals surface area contributed by atoms with Gasteiger partial charge in [0.05, 0.1) is 5.54 Å². The van der Waals surface area contributed by atoms with Gasteiger partial charge in [0.2, 0.25) is 11.8 Å². The van der Waals surface area contributed by atoms with Crippen molar-refractivity contribution in [3.63, 3.8) is 0 Å². The highest BCUT2D eigenvalue weighted by molar-refractivity contribution is 5.98. The lowest BCUT2D eigenvalue weighted by atomic mass is 9.82. The predicted molar refractivity (Wildman–Crippen MR) is 94.3 cm³/mol. The summed E-state index contributed by atoms with van der Waals surface area (Å²) in [6.45, 7) is 1.43. The summed E-state index contributed by atoms with van der Waals surface area (Å²) in [6.07, 6.45) is 7.39. The Bertz CT molecular complexity index is 608. The highest BCUT2D eigenvalue weighted by Gasteiger charge is 2.35. The van der Waals surface area contributed by atoms with Crippen molar-refractivity contribution in [1.29, 1.82) is 0 Å². The van der Waals surface area contributed by atoms with Crippen molar-refractivity contribution in [2.24, 2.45) is 5.73 Å². The summed E-state index contributed by atoms with van der Waals surface area (Å²) in [5, 5.41) is 2.97. The average molecular weight is 329 g/mol. The van der Waals surface area contributed by atoms with Crippen molar-refractivity contribution in [1.82, 2.24) is 4.90 Å². The molecule has 2 aliphatic rings. The summed E-state index contributed by atoms with van der Waals surface area (Å²) >= 11 is 0. The number of benzene rings is 1. The number of hydrogen-bond donors (Lipinski definition) is 2. The van der Waals surface area contributed by atoms with E-state index in [1.165, 1.54) is 0 Å². The Morgan fingerprint density at radius 1 is 1.17 bits per heavy atom. The van der Waals surface area contributed by atoms with Crippen LogP contribution in [-0.2, 0) is 16.1 Å². The topological polar surface area (TPSA) is 75.4 Å². The van der Waals surface area contributed by atoms with Gasteiger partial charge in [0.25, 0.3) is 0 Å². The molecule has 3 rings (SSSR count). The van der Waals surface area contributed by atoms with Crippen LogP contribution in [0.4, 0.5) is 5.69 Å². The van der Waals surface area contributed by atoms with E-state index in [1.54, 1.807) is 0 Å². The van der Waals surface area contributed by atoms with Crippen LogP contribution in [0.1, 0.15) is 56.9 Å². The molecule has 5 heteroatoms. The molecule has 1 saturated heterocycles. The van der Waals surface area contributed by atoms with Crippen LogP contribution in [0.25, 0.3) is 0 Å². The molecular weight excluding hydrogens is 302 g/mol. The lowest BCUT2D eigenvalue weighted by Crippen LogP contribution is -2.52. The maximum absolute atomic E-state index is 12.5. The molecule has 1 saturated carbocycles. The highest BCUT2D eigenvalue weighted by atomic mass is 16.2. The molecule has 2 fully saturated rings. The number of nitrogens with two attached hydrogens (primary N) is 1. The molecule has 0 bridgehead atoms. The molecule has 1 aromatic rings. The molecule has 3 N–H and O–H groups in total. The first-order valence-electron chi connectivity index (χ1n) is 9.04. The van der Waals surface area contributed by atoms with E-state index in [-0.39, 0.29) is 11.8 Å². The Morgan fingerprint density at radius 3 is 2.71 bits per heavy atom. The molecule has 2 amide bonds. The minimum Gasteiger partial charge on any atom is -0.338 e. The molecule has 0 spiro atoms. The summed E-state index contributed by atoms with van der Waals surface area (Å²) in [7, 11) is 0. The fourth-order valence-electron chi connectivity index (χ4n) is 3.66. The van der Waals surface area contributed by atoms with Crippen LogP contribution in [0, 0.1) is 0 Å². The van der Waals surface area contributed by atoms with Crippen LogP contribution in [0.5, 0.6) is 0 Å². The summed E-state index contributed by atoms with van der Waals surface area (Å²) < 4.78 is 0. The summed E-state index contributed by atoms with van der Waals surface area (Å²) in [4.78, 5) is 26.4. The average Bonchev–Trinajstić information content (AvgIpc) is 2.58. The normalized spacial score (nSPS) is 20.7. The van der Waals surface area contributed by atoms with Gasteiger partial charge in [-0.1, -0.05) is 31.4 Å². The standard InChI is InChI=1S/C19H27N3O2/c20-19(10-3-1-4-11-19)18(24)21-16-8-6-7-15(13-16)14-22-12-5-2-9-17(22)23/h6-8,13H,1-5,9-12,14,20H2,(H,21,24). The third kappa shape index (κ3) is 3.96. The number of carbonyl (C=O) groups excluding carboxylic acids is 2. The third-order valence-corrected chi connectivity index (χ3v) is 5.18. The van der Waals surface area contributed by atoms with Crippen LogP contribution in [0.2, 0.25) is 0 Å². The lowest BCUT2D eigenvalue weighted by molar-refractivity contribution is -0.133. The second-order valence-corrected chi connectivity index (χ2v) is 7.14. The van der Waals surface area contributed by atoms with Crippen LogP contribution in [0.3, 0.4) is 0 Å². The van der Waals surface area contributed by atoms with Gasteiger partial charge in [-0.15, -0.1) is 0 Å². The van der Waals surface area contributed by atoms with Crippen LogP contribution < -0.4 is 11.1 Å². The largest absolute Gasteiger partial charge is 0.338 e. The smallest absolute Gasteiger partial charge is 0.244 e. The Kier molecular flexibility index (Phi) is 5.19. The van der Waals surface area contributed by atoms with Gasteiger partial charge in [0.15, 0.2) is 0 Å². The van der Waals surface area contributed by atoms with Gasteiger partial charge < -0.3 is 16.0 Å². The quantitative estimate of drug-likeness (QED) is 0.892. The Morgan fingerprint density at radius 2 is 1.96 bits per heavy atom. The van der Waals surface area contributed by atoms with E-state index in [0.29, 0.717) is 13.0 Å². The lowest BCUT2D eigenvalue weighted by Gasteiger charge is -2.32. The number of amides is 2. The molecule has 1 aliphatic heterocycles. The number of nitrogens with zero attached hydrogens (tertiary/aromatic N) is 1. The molecule has 5 nitrogen and oxygen atoms in total. The predicted octanol–water partition coefficient (Wildman–Crippen LogP) is 2.80. The highest BCUT2D eigenvalue weighted by Crippen LogP contribution is 2.27. The first-order valence-corrected chi connectivity index (χ1v) is 9.04. The van der Waals surface area contributed by atoms with Gasteiger partial charge >= 0.3 is 0 Å². The van der Waals surface area contributed by atoms with Crippen molar-refractivity contribution < 1.29 is 9.59 Å². The Labute approximate surface area is 143 Å². The maximum atomic E-state index is 12.5. The first kappa shape index (κ1) is 17.0. The van der Waals surface area contributed by atoms with Crippen molar-refractivity contribution in [3.05, 3.63) is 29.8 Å². The zero-order chi connectivity index (χ0) is 17.0. The molecule has 0 radical (unpaired) electrons. The van der Waals surface area contributed by atoms with E-state index in [9.17, 15) is 9.59 Å². The summed E-state index contributed by atoms with van der Waals surface area (Å²) in [5.74, 6) is 0.132. The van der Waals surface area contributed by atoms with Crippen molar-refractivity contribution in [3.8, 4) is 0 Å². The number of carbonyl (C=O) groups is 2. The second-order valence-electron chi connectivity index (χ2n) is 7.14. The van der Waals surface area contributed by atoms with E-state index in [2.05, 4.69) is 5.32 Å². The minimum atomic E-state index is -0.739. The van der Waals surface area contributed by atoms with Crippen LogP contribution in [-0.4, -0.2) is 28.8 Å². The zero-order valence-electron chi connectivity index (χ0n) is 14.2. The van der Waals surface area contributed by atoms with E-state index in [0.717, 1.165) is 62.7 Å². The number of anilines is 1. The summed E-state index contributed by atoms with van der Waals surface area (Å²) in [5.41, 5.74) is 7.35. The number of likely N-dealkylation sites (tertiary alicyclic amines) is 1. The number of hydrogen-bond acceptors (Lipinski definition) is 3. The van der Waals surface area contributed by atoms with E-state index in [4.69, 9.17) is 5.73 Å². The zero-order valence-corrected chi connectivity index (χ0v) is 14.2. The number of nitrogens with one attached hydrogen (secondary N) is 1. The van der Waals surface area contributed by atoms with Gasteiger partial charge in [-0.3, -0.25) is 9.59 Å². The molecule has 1 heterocycles. The number of rotatable bonds is 4. The molecule has 1 aliphatic carbocycles. The van der Waals surface area contributed by atoms with E-state index < -0.39 is 5.54 Å². The van der Waals surface area contributed by atoms with Crippen molar-refractivity contribution >= 4 is 17.5 Å². The van der Waals surface area contributed by atoms with E-state index in [1.807, 2.05) is 29.2 Å². The Balaban J connectivity index is 1.64. The SMILES string of the molecule is NC1(C(=O)Nc2cccc(CN3CCCCC3=O)c2)CCCCC1. The Hall–Kier alpha value is -1.88. The fourth-order valence-corrected chi connectivity index (χ4v) is 3.66. The molecule has 1 aromatic carbocycles. The van der Waals surface area contributed by atoms with Gasteiger partial charge in [-0.05, 0) is 43.4 Å². The van der Waals surface area contributed by atoms with Gasteiger partial charge in [0.1, 0.15) is 0 Å². The van der Waals surface area contributed by atoms with Crippen molar-refractivity contribution in [2.75, 3.05) is 11.9 Å². The third-order valence-electron chi connectivity index (χ3n) is 5.18. The monoisotopic (exact) mass is 329 g/mol. The molecule has 0 atom stereocenters. The van der Waals surface area contributed by atoms with Crippen LogP contribution >= 0.6 is 0 Å². The maximum Gasteiger partial charge on any atom is 0.244 e. The second kappa shape index (κ2) is 7.34. The molecule has 0 unspecified atom stereocenters. The van der Waals surface area contributed by atoms with Gasteiger partial charge in [-0.2, -0.15) is 0 Å². The molecule has 130 valence electrons. The molecule has 24 heavy (non-hydrogen) atoms. The fraction of sp³-hybridized carbons (Fsp3) is 0.579. The molecule has 0 aromatic heterocycles. The number of piperidine rings is 1. The minimum absolute atomic E-state index is 0.0894. The van der Waals surface area contributed by atoms with E-state index >= 15 is 0 Å². The van der Waals surface area contributed by atoms with Gasteiger partial charge in [0, 0.05) is 25.2 Å². The van der Waals surface area contributed by atoms with Gasteiger partial charge in [-0.25, -0.2) is 0 Å².